The van der Waals surface area contributed by atoms with Gasteiger partial charge in [-0.15, -0.1) is 0 Å². The number of benzene rings is 1. The van der Waals surface area contributed by atoms with Crippen molar-refractivity contribution in [3.63, 3.8) is 0 Å². The van der Waals surface area contributed by atoms with Gasteiger partial charge in [0.15, 0.2) is 11.6 Å². The maximum Gasteiger partial charge on any atom is 0.356 e. The number of halogens is 2. The maximum absolute atomic E-state index is 13.6. The fraction of sp³-hybridized carbons (Fsp3) is 0.200. The van der Waals surface area contributed by atoms with Crippen molar-refractivity contribution in [1.29, 1.82) is 0 Å². The van der Waals surface area contributed by atoms with Crippen LogP contribution in [0.4, 0.5) is 14.5 Å². The van der Waals surface area contributed by atoms with E-state index in [1.165, 1.54) is 0 Å². The molecule has 0 aliphatic carbocycles. The van der Waals surface area contributed by atoms with E-state index in [1.54, 1.807) is 6.92 Å². The summed E-state index contributed by atoms with van der Waals surface area (Å²) in [4.78, 5) is 23.9. The molecular formula is C15H14F2N2O5S. The minimum atomic E-state index is -3.86. The summed E-state index contributed by atoms with van der Waals surface area (Å²) >= 11 is 0. The topological polar surface area (TPSA) is 94.5 Å². The highest BCUT2D eigenvalue weighted by atomic mass is 32.2. The van der Waals surface area contributed by atoms with Crippen molar-refractivity contribution in [2.45, 2.75) is 6.92 Å². The van der Waals surface area contributed by atoms with Crippen LogP contribution in [-0.4, -0.2) is 37.1 Å². The number of amides is 1. The third kappa shape index (κ3) is 4.02. The summed E-state index contributed by atoms with van der Waals surface area (Å²) in [5, 5.41) is 2.22. The summed E-state index contributed by atoms with van der Waals surface area (Å²) in [6, 6.07) is 4.13. The van der Waals surface area contributed by atoms with Gasteiger partial charge in [-0.2, -0.15) is 0 Å². The van der Waals surface area contributed by atoms with Gasteiger partial charge in [0.2, 0.25) is 10.0 Å². The van der Waals surface area contributed by atoms with Crippen molar-refractivity contribution in [1.82, 2.24) is 3.97 Å². The summed E-state index contributed by atoms with van der Waals surface area (Å²) in [6.07, 6.45) is 1.82. The average molecular weight is 372 g/mol. The Hall–Kier alpha value is -2.75. The molecule has 0 fully saturated rings. The molecular weight excluding hydrogens is 358 g/mol. The Morgan fingerprint density at radius 1 is 1.28 bits per heavy atom. The minimum Gasteiger partial charge on any atom is -0.461 e. The Bertz CT molecular complexity index is 937. The van der Waals surface area contributed by atoms with Crippen LogP contribution in [-0.2, 0) is 14.8 Å². The molecule has 1 heterocycles. The zero-order valence-electron chi connectivity index (χ0n) is 13.2. The van der Waals surface area contributed by atoms with Gasteiger partial charge in [-0.05, 0) is 25.1 Å². The van der Waals surface area contributed by atoms with Gasteiger partial charge in [0.1, 0.15) is 5.69 Å². The van der Waals surface area contributed by atoms with Crippen molar-refractivity contribution in [2.24, 2.45) is 0 Å². The monoisotopic (exact) mass is 372 g/mol. The lowest BCUT2D eigenvalue weighted by molar-refractivity contribution is 0.0518. The van der Waals surface area contributed by atoms with E-state index >= 15 is 0 Å². The predicted molar refractivity (Wildman–Crippen MR) is 84.9 cm³/mol. The van der Waals surface area contributed by atoms with Crippen LogP contribution < -0.4 is 5.32 Å². The minimum absolute atomic E-state index is 0.0178. The van der Waals surface area contributed by atoms with Crippen LogP contribution >= 0.6 is 0 Å². The summed E-state index contributed by atoms with van der Waals surface area (Å²) in [5.74, 6) is -4.45. The number of hydrogen-bond acceptors (Lipinski definition) is 5. The Morgan fingerprint density at radius 2 is 1.96 bits per heavy atom. The van der Waals surface area contributed by atoms with Gasteiger partial charge in [0.25, 0.3) is 5.91 Å². The first-order valence-electron chi connectivity index (χ1n) is 7.00. The zero-order chi connectivity index (χ0) is 18.8. The summed E-state index contributed by atoms with van der Waals surface area (Å²) in [5.41, 5.74) is -0.994. The third-order valence-corrected chi connectivity index (χ3v) is 4.10. The fourth-order valence-corrected chi connectivity index (χ4v) is 2.81. The predicted octanol–water partition coefficient (Wildman–Crippen LogP) is 2.00. The van der Waals surface area contributed by atoms with Gasteiger partial charge in [0, 0.05) is 6.20 Å². The Morgan fingerprint density at radius 3 is 2.56 bits per heavy atom. The summed E-state index contributed by atoms with van der Waals surface area (Å²) < 4.78 is 55.7. The number of carbonyl (C=O) groups is 2. The van der Waals surface area contributed by atoms with Crippen molar-refractivity contribution in [3.8, 4) is 0 Å². The number of anilines is 1. The molecule has 1 N–H and O–H groups in total. The number of esters is 1. The number of rotatable bonds is 5. The molecule has 0 atom stereocenters. The second kappa shape index (κ2) is 7.01. The number of ether oxygens (including phenoxy) is 1. The Labute approximate surface area is 142 Å². The number of hydrogen-bond donors (Lipinski definition) is 1. The van der Waals surface area contributed by atoms with Crippen molar-refractivity contribution >= 4 is 27.6 Å². The molecule has 0 radical (unpaired) electrons. The van der Waals surface area contributed by atoms with Crippen molar-refractivity contribution in [3.05, 3.63) is 53.4 Å². The smallest absolute Gasteiger partial charge is 0.356 e. The number of carbonyl (C=O) groups excluding carboxylic acids is 2. The van der Waals surface area contributed by atoms with E-state index in [4.69, 9.17) is 4.74 Å². The first kappa shape index (κ1) is 18.6. The highest BCUT2D eigenvalue weighted by Gasteiger charge is 2.22. The molecule has 0 spiro atoms. The number of aromatic nitrogens is 1. The van der Waals surface area contributed by atoms with Crippen LogP contribution in [0.15, 0.2) is 30.5 Å². The first-order valence-corrected chi connectivity index (χ1v) is 8.85. The summed E-state index contributed by atoms with van der Waals surface area (Å²) in [6.45, 7) is 1.56. The van der Waals surface area contributed by atoms with E-state index in [2.05, 4.69) is 5.32 Å². The van der Waals surface area contributed by atoms with Crippen molar-refractivity contribution in [2.75, 3.05) is 18.2 Å². The average Bonchev–Trinajstić information content (AvgIpc) is 2.94. The normalized spacial score (nSPS) is 11.2. The molecule has 2 rings (SSSR count). The van der Waals surface area contributed by atoms with Crippen LogP contribution in [0.2, 0.25) is 0 Å². The molecule has 1 aromatic carbocycles. The van der Waals surface area contributed by atoms with E-state index in [0.29, 0.717) is 3.97 Å². The van der Waals surface area contributed by atoms with E-state index in [-0.39, 0.29) is 18.0 Å². The van der Waals surface area contributed by atoms with E-state index in [0.717, 1.165) is 36.7 Å². The highest BCUT2D eigenvalue weighted by molar-refractivity contribution is 7.89. The highest BCUT2D eigenvalue weighted by Crippen LogP contribution is 2.19. The molecule has 25 heavy (non-hydrogen) atoms. The third-order valence-electron chi connectivity index (χ3n) is 3.08. The van der Waals surface area contributed by atoms with Crippen molar-refractivity contribution < 1.29 is 31.5 Å². The Balaban J connectivity index is 2.39. The molecule has 0 saturated carbocycles. The molecule has 134 valence electrons. The van der Waals surface area contributed by atoms with Crippen LogP contribution in [0.3, 0.4) is 0 Å². The molecule has 0 aliphatic rings. The van der Waals surface area contributed by atoms with Gasteiger partial charge in [0.05, 0.1) is 24.1 Å². The molecule has 0 saturated heterocycles. The van der Waals surface area contributed by atoms with E-state index in [9.17, 15) is 26.8 Å². The first-order chi connectivity index (χ1) is 11.6. The maximum atomic E-state index is 13.6. The lowest BCUT2D eigenvalue weighted by Crippen LogP contribution is -2.17. The molecule has 10 heteroatoms. The van der Waals surface area contributed by atoms with Gasteiger partial charge >= 0.3 is 5.97 Å². The lowest BCUT2D eigenvalue weighted by atomic mass is 10.2. The second-order valence-corrected chi connectivity index (χ2v) is 6.81. The number of nitrogens with one attached hydrogen (secondary N) is 1. The molecule has 2 aromatic rings. The molecule has 1 aromatic heterocycles. The fourth-order valence-electron chi connectivity index (χ4n) is 2.02. The standard InChI is InChI=1S/C15H14F2N2O5S/c1-3-24-15(21)12-7-9(8-19(12)25(2,22)23)18-14(20)10-5-4-6-11(16)13(10)17/h4-8H,3H2,1-2H3,(H,18,20). The van der Waals surface area contributed by atoms with Gasteiger partial charge in [-0.1, -0.05) is 6.07 Å². The SMILES string of the molecule is CCOC(=O)c1cc(NC(=O)c2cccc(F)c2F)cn1S(C)(=O)=O. The van der Waals surface area contributed by atoms with Crippen LogP contribution in [0, 0.1) is 11.6 Å². The Kier molecular flexibility index (Phi) is 5.21. The molecule has 0 bridgehead atoms. The van der Waals surface area contributed by atoms with E-state index in [1.807, 2.05) is 0 Å². The van der Waals surface area contributed by atoms with Crippen LogP contribution in [0.25, 0.3) is 0 Å². The molecule has 1 amide bonds. The lowest BCUT2D eigenvalue weighted by Gasteiger charge is -2.05. The zero-order valence-corrected chi connectivity index (χ0v) is 14.1. The van der Waals surface area contributed by atoms with E-state index < -0.39 is 39.1 Å². The van der Waals surface area contributed by atoms with Crippen LogP contribution in [0.5, 0.6) is 0 Å². The second-order valence-electron chi connectivity index (χ2n) is 4.95. The molecule has 0 unspecified atom stereocenters. The van der Waals surface area contributed by atoms with Crippen LogP contribution in [0.1, 0.15) is 27.8 Å². The summed E-state index contributed by atoms with van der Waals surface area (Å²) in [7, 11) is -3.86. The van der Waals surface area contributed by atoms with Gasteiger partial charge < -0.3 is 10.1 Å². The molecule has 0 aliphatic heterocycles. The quantitative estimate of drug-likeness (QED) is 0.810. The van der Waals surface area contributed by atoms with Gasteiger partial charge in [-0.25, -0.2) is 26.0 Å². The van der Waals surface area contributed by atoms with Gasteiger partial charge in [-0.3, -0.25) is 4.79 Å². The number of nitrogens with zero attached hydrogens (tertiary/aromatic N) is 1. The largest absolute Gasteiger partial charge is 0.461 e. The molecule has 7 nitrogen and oxygen atoms in total.